The topological polar surface area (TPSA) is 82.3 Å². The molecule has 1 unspecified atom stereocenters. The zero-order chi connectivity index (χ0) is 18.2. The predicted octanol–water partition coefficient (Wildman–Crippen LogP) is 2.12. The molecule has 1 atom stereocenters. The summed E-state index contributed by atoms with van der Waals surface area (Å²) >= 11 is 6.40. The van der Waals surface area contributed by atoms with E-state index in [9.17, 15) is 9.59 Å². The molecule has 0 aliphatic carbocycles. The molecule has 8 heteroatoms. The number of carbonyl (C=O) groups excluding carboxylic acids is 2. The van der Waals surface area contributed by atoms with Gasteiger partial charge in [-0.3, -0.25) is 20.4 Å². The van der Waals surface area contributed by atoms with Gasteiger partial charge < -0.3 is 10.6 Å². The summed E-state index contributed by atoms with van der Waals surface area (Å²) in [5.74, 6) is -0.717. The molecule has 0 saturated heterocycles. The van der Waals surface area contributed by atoms with E-state index < -0.39 is 11.9 Å². The highest BCUT2D eigenvalue weighted by molar-refractivity contribution is 7.80. The number of rotatable bonds is 5. The van der Waals surface area contributed by atoms with Gasteiger partial charge in [0.25, 0.3) is 11.8 Å². The molecule has 1 aromatic carbocycles. The van der Waals surface area contributed by atoms with Gasteiger partial charge >= 0.3 is 0 Å². The van der Waals surface area contributed by atoms with Gasteiger partial charge in [0.1, 0.15) is 6.04 Å². The number of carbonyl (C=O) groups is 2. The fraction of sp³-hybridized carbons (Fsp3) is 0.235. The van der Waals surface area contributed by atoms with Crippen LogP contribution >= 0.6 is 23.6 Å². The standard InChI is InChI=1S/C17H20N4O2S2/c1-11(2)18-17(24)21-20-16(23)14(12-7-4-3-5-8-12)19-15(22)13-9-6-10-25-13/h3-11,14H,1-2H3,(H,19,22)(H,20,23)(H2,18,21,24). The number of benzene rings is 1. The zero-order valence-corrected chi connectivity index (χ0v) is 15.5. The lowest BCUT2D eigenvalue weighted by atomic mass is 10.1. The molecule has 6 nitrogen and oxygen atoms in total. The van der Waals surface area contributed by atoms with Crippen LogP contribution in [0, 0.1) is 0 Å². The van der Waals surface area contributed by atoms with Crippen LogP contribution in [-0.2, 0) is 4.79 Å². The maximum Gasteiger partial charge on any atom is 0.265 e. The fourth-order valence-electron chi connectivity index (χ4n) is 2.04. The van der Waals surface area contributed by atoms with Crippen LogP contribution in [0.4, 0.5) is 0 Å². The number of hydrogen-bond acceptors (Lipinski definition) is 4. The van der Waals surface area contributed by atoms with E-state index in [0.29, 0.717) is 15.6 Å². The number of hydrogen-bond donors (Lipinski definition) is 4. The third-order valence-corrected chi connectivity index (χ3v) is 4.22. The first kappa shape index (κ1) is 18.9. The summed E-state index contributed by atoms with van der Waals surface area (Å²) in [5, 5.41) is 7.83. The van der Waals surface area contributed by atoms with Crippen LogP contribution in [0.3, 0.4) is 0 Å². The molecule has 4 N–H and O–H groups in total. The summed E-state index contributed by atoms with van der Waals surface area (Å²) in [7, 11) is 0. The van der Waals surface area contributed by atoms with Gasteiger partial charge in [0.05, 0.1) is 4.88 Å². The van der Waals surface area contributed by atoms with E-state index in [1.165, 1.54) is 11.3 Å². The third-order valence-electron chi connectivity index (χ3n) is 3.13. The Morgan fingerprint density at radius 2 is 1.72 bits per heavy atom. The normalized spacial score (nSPS) is 11.5. The number of hydrazine groups is 1. The molecule has 132 valence electrons. The lowest BCUT2D eigenvalue weighted by Crippen LogP contribution is -2.51. The third kappa shape index (κ3) is 5.84. The quantitative estimate of drug-likeness (QED) is 0.475. The Bertz CT molecular complexity index is 718. The van der Waals surface area contributed by atoms with Crippen LogP contribution in [0.25, 0.3) is 0 Å². The van der Waals surface area contributed by atoms with Crippen molar-refractivity contribution in [3.05, 3.63) is 58.3 Å². The first-order valence-corrected chi connectivity index (χ1v) is 9.02. The lowest BCUT2D eigenvalue weighted by molar-refractivity contribution is -0.123. The van der Waals surface area contributed by atoms with E-state index in [4.69, 9.17) is 12.2 Å². The second-order valence-electron chi connectivity index (χ2n) is 5.54. The molecule has 0 radical (unpaired) electrons. The van der Waals surface area contributed by atoms with Crippen molar-refractivity contribution < 1.29 is 9.59 Å². The van der Waals surface area contributed by atoms with Crippen LogP contribution in [0.1, 0.15) is 35.1 Å². The average Bonchev–Trinajstić information content (AvgIpc) is 3.12. The molecule has 1 heterocycles. The Kier molecular flexibility index (Phi) is 6.91. The molecule has 0 spiro atoms. The predicted molar refractivity (Wildman–Crippen MR) is 103 cm³/mol. The number of thiocarbonyl (C=S) groups is 1. The molecule has 25 heavy (non-hydrogen) atoms. The second-order valence-corrected chi connectivity index (χ2v) is 6.89. The molecule has 2 rings (SSSR count). The minimum absolute atomic E-state index is 0.139. The minimum Gasteiger partial charge on any atom is -0.359 e. The molecular weight excluding hydrogens is 356 g/mol. The van der Waals surface area contributed by atoms with Crippen LogP contribution < -0.4 is 21.5 Å². The summed E-state index contributed by atoms with van der Waals surface area (Å²) in [6.07, 6.45) is 0. The SMILES string of the molecule is CC(C)NC(=S)NNC(=O)C(NC(=O)c1cccs1)c1ccccc1. The highest BCUT2D eigenvalue weighted by atomic mass is 32.1. The Hall–Kier alpha value is -2.45. The molecule has 0 saturated carbocycles. The summed E-state index contributed by atoms with van der Waals surface area (Å²) in [4.78, 5) is 25.4. The van der Waals surface area contributed by atoms with E-state index in [1.54, 1.807) is 24.3 Å². The van der Waals surface area contributed by atoms with E-state index in [2.05, 4.69) is 21.5 Å². The van der Waals surface area contributed by atoms with Gasteiger partial charge in [-0.2, -0.15) is 0 Å². The van der Waals surface area contributed by atoms with E-state index in [0.717, 1.165) is 0 Å². The van der Waals surface area contributed by atoms with Crippen LogP contribution in [0.2, 0.25) is 0 Å². The maximum atomic E-state index is 12.6. The van der Waals surface area contributed by atoms with E-state index in [1.807, 2.05) is 37.4 Å². The zero-order valence-electron chi connectivity index (χ0n) is 13.9. The van der Waals surface area contributed by atoms with Crippen molar-refractivity contribution in [2.75, 3.05) is 0 Å². The minimum atomic E-state index is -0.842. The van der Waals surface area contributed by atoms with Gasteiger partial charge in [0, 0.05) is 6.04 Å². The Balaban J connectivity index is 2.07. The summed E-state index contributed by atoms with van der Waals surface area (Å²) in [6.45, 7) is 3.87. The van der Waals surface area contributed by atoms with Crippen LogP contribution in [0.5, 0.6) is 0 Å². The Morgan fingerprint density at radius 1 is 1.00 bits per heavy atom. The molecule has 2 amide bonds. The van der Waals surface area contributed by atoms with Gasteiger partial charge in [0.2, 0.25) is 0 Å². The van der Waals surface area contributed by atoms with Crippen molar-refractivity contribution in [2.24, 2.45) is 0 Å². The van der Waals surface area contributed by atoms with Crippen molar-refractivity contribution >= 4 is 40.5 Å². The molecule has 0 aliphatic rings. The largest absolute Gasteiger partial charge is 0.359 e. The molecule has 2 aromatic rings. The molecule has 1 aromatic heterocycles. The van der Waals surface area contributed by atoms with E-state index in [-0.39, 0.29) is 11.9 Å². The van der Waals surface area contributed by atoms with Crippen molar-refractivity contribution in [1.29, 1.82) is 0 Å². The van der Waals surface area contributed by atoms with Crippen molar-refractivity contribution in [3.63, 3.8) is 0 Å². The van der Waals surface area contributed by atoms with Gasteiger partial charge in [-0.05, 0) is 43.1 Å². The van der Waals surface area contributed by atoms with Gasteiger partial charge in [-0.15, -0.1) is 11.3 Å². The number of amides is 2. The van der Waals surface area contributed by atoms with Crippen molar-refractivity contribution in [3.8, 4) is 0 Å². The number of thiophene rings is 1. The fourth-order valence-corrected chi connectivity index (χ4v) is 2.96. The van der Waals surface area contributed by atoms with Gasteiger partial charge in [-0.25, -0.2) is 0 Å². The highest BCUT2D eigenvalue weighted by Gasteiger charge is 2.23. The first-order valence-electron chi connectivity index (χ1n) is 7.73. The second kappa shape index (κ2) is 9.14. The monoisotopic (exact) mass is 376 g/mol. The highest BCUT2D eigenvalue weighted by Crippen LogP contribution is 2.15. The lowest BCUT2D eigenvalue weighted by Gasteiger charge is -2.20. The maximum absolute atomic E-state index is 12.6. The Morgan fingerprint density at radius 3 is 2.32 bits per heavy atom. The number of nitrogens with one attached hydrogen (secondary N) is 4. The van der Waals surface area contributed by atoms with Crippen molar-refractivity contribution in [1.82, 2.24) is 21.5 Å². The molecule has 0 fully saturated rings. The van der Waals surface area contributed by atoms with Crippen LogP contribution in [0.15, 0.2) is 47.8 Å². The Labute approximate surface area is 156 Å². The molecule has 0 aliphatic heterocycles. The smallest absolute Gasteiger partial charge is 0.265 e. The molecule has 0 bridgehead atoms. The summed E-state index contributed by atoms with van der Waals surface area (Å²) in [6, 6.07) is 11.8. The summed E-state index contributed by atoms with van der Waals surface area (Å²) < 4.78 is 0. The van der Waals surface area contributed by atoms with Gasteiger partial charge in [0.15, 0.2) is 5.11 Å². The molecular formula is C17H20N4O2S2. The summed E-state index contributed by atoms with van der Waals surface area (Å²) in [5.41, 5.74) is 5.85. The first-order chi connectivity index (χ1) is 12.0. The van der Waals surface area contributed by atoms with Gasteiger partial charge in [-0.1, -0.05) is 36.4 Å². The van der Waals surface area contributed by atoms with Crippen LogP contribution in [-0.4, -0.2) is 23.0 Å². The van der Waals surface area contributed by atoms with Crippen molar-refractivity contribution in [2.45, 2.75) is 25.9 Å². The average molecular weight is 377 g/mol. The van der Waals surface area contributed by atoms with E-state index >= 15 is 0 Å².